The Morgan fingerprint density at radius 3 is 2.65 bits per heavy atom. The number of pyridine rings is 1. The van der Waals surface area contributed by atoms with Gasteiger partial charge in [-0.15, -0.1) is 0 Å². The van der Waals surface area contributed by atoms with Crippen molar-refractivity contribution < 1.29 is 4.79 Å². The number of aromatic nitrogens is 1. The quantitative estimate of drug-likeness (QED) is 0.860. The highest BCUT2D eigenvalue weighted by molar-refractivity contribution is 6.30. The molecule has 2 aromatic rings. The molecule has 1 aromatic carbocycles. The Bertz CT molecular complexity index is 691. The van der Waals surface area contributed by atoms with E-state index in [1.807, 2.05) is 6.07 Å². The predicted octanol–water partition coefficient (Wildman–Crippen LogP) is 2.47. The topological polar surface area (TPSA) is 83.0 Å². The van der Waals surface area contributed by atoms with E-state index in [4.69, 9.17) is 22.6 Å². The fourth-order valence-corrected chi connectivity index (χ4v) is 1.84. The van der Waals surface area contributed by atoms with Crippen LogP contribution in [0.25, 0.3) is 0 Å². The number of hydrogen-bond donors (Lipinski definition) is 1. The van der Waals surface area contributed by atoms with Gasteiger partial charge in [-0.05, 0) is 30.3 Å². The lowest BCUT2D eigenvalue weighted by atomic mass is 10.1. The fraction of sp³-hybridized carbons (Fsp3) is 0.0714. The molecule has 2 rings (SSSR count). The minimum atomic E-state index is -0.295. The van der Waals surface area contributed by atoms with Crippen molar-refractivity contribution in [2.45, 2.75) is 0 Å². The van der Waals surface area contributed by atoms with Gasteiger partial charge in [0.1, 0.15) is 5.15 Å². The van der Waals surface area contributed by atoms with Crippen LogP contribution in [-0.4, -0.2) is 17.9 Å². The summed E-state index contributed by atoms with van der Waals surface area (Å²) in [5.74, 6) is -0.295. The van der Waals surface area contributed by atoms with Crippen molar-refractivity contribution >= 4 is 28.9 Å². The molecule has 0 saturated carbocycles. The van der Waals surface area contributed by atoms with Gasteiger partial charge in [0, 0.05) is 12.7 Å². The first-order chi connectivity index (χ1) is 9.52. The maximum Gasteiger partial charge on any atom is 0.260 e. The van der Waals surface area contributed by atoms with E-state index < -0.39 is 0 Å². The van der Waals surface area contributed by atoms with Crippen molar-refractivity contribution in [2.75, 3.05) is 17.7 Å². The number of nitrogen functional groups attached to an aromatic ring is 1. The van der Waals surface area contributed by atoms with E-state index in [2.05, 4.69) is 4.98 Å². The van der Waals surface area contributed by atoms with Gasteiger partial charge in [0.15, 0.2) is 0 Å². The van der Waals surface area contributed by atoms with Gasteiger partial charge >= 0.3 is 0 Å². The van der Waals surface area contributed by atoms with Crippen LogP contribution in [-0.2, 0) is 0 Å². The van der Waals surface area contributed by atoms with Crippen molar-refractivity contribution in [3.63, 3.8) is 0 Å². The second-order valence-electron chi connectivity index (χ2n) is 4.12. The zero-order chi connectivity index (χ0) is 14.7. The van der Waals surface area contributed by atoms with Gasteiger partial charge in [-0.1, -0.05) is 11.6 Å². The van der Waals surface area contributed by atoms with Crippen LogP contribution in [0, 0.1) is 11.3 Å². The average molecular weight is 287 g/mol. The van der Waals surface area contributed by atoms with Crippen LogP contribution in [0.2, 0.25) is 5.15 Å². The second kappa shape index (κ2) is 5.59. The molecule has 0 bridgehead atoms. The summed E-state index contributed by atoms with van der Waals surface area (Å²) in [5, 5.41) is 8.96. The molecule has 0 spiro atoms. The first kappa shape index (κ1) is 13.8. The number of benzene rings is 1. The van der Waals surface area contributed by atoms with E-state index >= 15 is 0 Å². The first-order valence-electron chi connectivity index (χ1n) is 5.72. The lowest BCUT2D eigenvalue weighted by Crippen LogP contribution is -2.27. The zero-order valence-electron chi connectivity index (χ0n) is 10.7. The van der Waals surface area contributed by atoms with E-state index in [9.17, 15) is 4.79 Å². The van der Waals surface area contributed by atoms with Crippen molar-refractivity contribution in [1.29, 1.82) is 5.26 Å². The molecular weight excluding hydrogens is 276 g/mol. The van der Waals surface area contributed by atoms with Crippen LogP contribution >= 0.6 is 11.6 Å². The monoisotopic (exact) mass is 286 g/mol. The Labute approximate surface area is 121 Å². The molecule has 20 heavy (non-hydrogen) atoms. The smallest absolute Gasteiger partial charge is 0.260 e. The normalized spacial score (nSPS) is 9.85. The summed E-state index contributed by atoms with van der Waals surface area (Å²) in [6.45, 7) is 0. The molecule has 0 saturated heterocycles. The number of carbonyl (C=O) groups excluding carboxylic acids is 1. The number of rotatable bonds is 2. The molecule has 0 aliphatic carbocycles. The molecule has 0 aliphatic heterocycles. The molecule has 0 atom stereocenters. The minimum absolute atomic E-state index is 0.204. The summed E-state index contributed by atoms with van der Waals surface area (Å²) in [4.78, 5) is 17.6. The predicted molar refractivity (Wildman–Crippen MR) is 77.5 cm³/mol. The Morgan fingerprint density at radius 2 is 2.05 bits per heavy atom. The van der Waals surface area contributed by atoms with Crippen LogP contribution in [0.5, 0.6) is 0 Å². The number of nitriles is 1. The number of carbonyl (C=O) groups is 1. The van der Waals surface area contributed by atoms with Gasteiger partial charge in [-0.25, -0.2) is 4.98 Å². The molecule has 100 valence electrons. The number of amides is 1. The van der Waals surface area contributed by atoms with Gasteiger partial charge in [0.2, 0.25) is 0 Å². The third-order valence-electron chi connectivity index (χ3n) is 2.82. The lowest BCUT2D eigenvalue weighted by molar-refractivity contribution is 0.0994. The van der Waals surface area contributed by atoms with Crippen molar-refractivity contribution in [1.82, 2.24) is 4.98 Å². The molecule has 2 N–H and O–H groups in total. The zero-order valence-corrected chi connectivity index (χ0v) is 11.4. The Balaban J connectivity index is 2.32. The summed E-state index contributed by atoms with van der Waals surface area (Å²) in [7, 11) is 1.62. The van der Waals surface area contributed by atoms with E-state index in [0.717, 1.165) is 0 Å². The number of nitrogens with zero attached hydrogens (tertiary/aromatic N) is 3. The maximum atomic E-state index is 12.4. The van der Waals surface area contributed by atoms with Crippen molar-refractivity contribution in [2.24, 2.45) is 0 Å². The van der Waals surface area contributed by atoms with Crippen LogP contribution in [0.15, 0.2) is 36.5 Å². The largest absolute Gasteiger partial charge is 0.397 e. The number of halogens is 1. The Morgan fingerprint density at radius 1 is 1.40 bits per heavy atom. The molecule has 0 radical (unpaired) electrons. The molecule has 0 unspecified atom stereocenters. The molecule has 6 heteroatoms. The Hall–Kier alpha value is -2.58. The van der Waals surface area contributed by atoms with Crippen LogP contribution in [0.3, 0.4) is 0 Å². The minimum Gasteiger partial charge on any atom is -0.397 e. The van der Waals surface area contributed by atoms with Crippen molar-refractivity contribution in [3.8, 4) is 6.07 Å². The number of nitrogens with two attached hydrogens (primary N) is 1. The Kier molecular flexibility index (Phi) is 3.87. The first-order valence-corrected chi connectivity index (χ1v) is 6.10. The second-order valence-corrected chi connectivity index (χ2v) is 4.50. The highest BCUT2D eigenvalue weighted by Crippen LogP contribution is 2.21. The highest BCUT2D eigenvalue weighted by atomic mass is 35.5. The maximum absolute atomic E-state index is 12.4. The molecule has 0 aliphatic rings. The van der Waals surface area contributed by atoms with Crippen LogP contribution in [0.4, 0.5) is 11.4 Å². The number of hydrogen-bond acceptors (Lipinski definition) is 4. The fourth-order valence-electron chi connectivity index (χ4n) is 1.68. The van der Waals surface area contributed by atoms with Gasteiger partial charge in [0.05, 0.1) is 29.1 Å². The van der Waals surface area contributed by atoms with Gasteiger partial charge in [0.25, 0.3) is 5.91 Å². The summed E-state index contributed by atoms with van der Waals surface area (Å²) >= 11 is 5.78. The number of anilines is 2. The van der Waals surface area contributed by atoms with Gasteiger partial charge in [-0.3, -0.25) is 4.79 Å². The molecule has 1 heterocycles. The molecule has 1 amide bonds. The van der Waals surface area contributed by atoms with Crippen LogP contribution < -0.4 is 10.6 Å². The van der Waals surface area contributed by atoms with Crippen molar-refractivity contribution in [3.05, 3.63) is 52.8 Å². The van der Waals surface area contributed by atoms with Gasteiger partial charge in [-0.2, -0.15) is 5.26 Å². The summed E-state index contributed by atoms with van der Waals surface area (Å²) in [6, 6.07) is 10.1. The van der Waals surface area contributed by atoms with E-state index in [1.165, 1.54) is 17.2 Å². The third-order valence-corrected chi connectivity index (χ3v) is 3.03. The average Bonchev–Trinajstić information content (AvgIpc) is 2.48. The third kappa shape index (κ3) is 2.71. The highest BCUT2D eigenvalue weighted by Gasteiger charge is 2.17. The molecule has 0 fully saturated rings. The van der Waals surface area contributed by atoms with Crippen LogP contribution in [0.1, 0.15) is 15.9 Å². The van der Waals surface area contributed by atoms with E-state index in [0.29, 0.717) is 11.3 Å². The molecule has 1 aromatic heterocycles. The lowest BCUT2D eigenvalue weighted by Gasteiger charge is -2.18. The summed E-state index contributed by atoms with van der Waals surface area (Å²) in [6.07, 6.45) is 1.35. The van der Waals surface area contributed by atoms with E-state index in [1.54, 1.807) is 31.3 Å². The standard InChI is InChI=1S/C14H11ClN4O/c1-19(10-4-2-9(7-16)3-5-10)14(20)11-6-13(15)18-8-12(11)17/h2-6,8H,17H2,1H3. The molecular formula is C14H11ClN4O. The van der Waals surface area contributed by atoms with E-state index in [-0.39, 0.29) is 22.3 Å². The van der Waals surface area contributed by atoms with Gasteiger partial charge < -0.3 is 10.6 Å². The summed E-state index contributed by atoms with van der Waals surface area (Å²) < 4.78 is 0. The SMILES string of the molecule is CN(C(=O)c1cc(Cl)ncc1N)c1ccc(C#N)cc1. The molecule has 5 nitrogen and oxygen atoms in total. The summed E-state index contributed by atoms with van der Waals surface area (Å²) in [5.41, 5.74) is 7.48.